The molecule has 2 aromatic rings. The Morgan fingerprint density at radius 3 is 2.16 bits per heavy atom. The lowest BCUT2D eigenvalue weighted by atomic mass is 10.2. The minimum atomic E-state index is -0.531. The molecule has 5 N–H and O–H groups in total. The minimum absolute atomic E-state index is 0.102. The molecule has 0 aliphatic carbocycles. The van der Waals surface area contributed by atoms with Crippen molar-refractivity contribution in [1.29, 1.82) is 0 Å². The normalized spacial score (nSPS) is 9.53. The summed E-state index contributed by atoms with van der Waals surface area (Å²) in [5.41, 5.74) is -1.45. The standard InChI is InChI=1S/C6H8N2O3.C4H4N2O2/c9-2-1-4-3-7-6(11)8-5(4)10;7-3-1-2-5-4(8)6-3/h3,9H,1-2H2,(H2,7,8,10,11);1-2H,(H2,5,6,7,8). The van der Waals surface area contributed by atoms with Gasteiger partial charge in [-0.1, -0.05) is 0 Å². The van der Waals surface area contributed by atoms with Crippen molar-refractivity contribution < 1.29 is 5.11 Å². The van der Waals surface area contributed by atoms with Crippen LogP contribution in [0, 0.1) is 0 Å². The van der Waals surface area contributed by atoms with Crippen molar-refractivity contribution >= 4 is 0 Å². The molecule has 0 amide bonds. The van der Waals surface area contributed by atoms with Crippen LogP contribution in [0.2, 0.25) is 0 Å². The SMILES string of the molecule is O=c1[nH]cc(CCO)c(=O)[nH]1.O=c1cc[nH]c(=O)[nH]1. The van der Waals surface area contributed by atoms with Gasteiger partial charge in [-0.2, -0.15) is 0 Å². The van der Waals surface area contributed by atoms with E-state index in [2.05, 4.69) is 9.97 Å². The summed E-state index contributed by atoms with van der Waals surface area (Å²) in [5.74, 6) is 0. The third-order valence-corrected chi connectivity index (χ3v) is 1.96. The van der Waals surface area contributed by atoms with Gasteiger partial charge in [-0.05, 0) is 0 Å². The molecule has 0 fully saturated rings. The maximum Gasteiger partial charge on any atom is 0.325 e. The Hall–Kier alpha value is -2.68. The molecule has 2 heterocycles. The fourth-order valence-electron chi connectivity index (χ4n) is 1.13. The summed E-state index contributed by atoms with van der Waals surface area (Å²) in [7, 11) is 0. The molecule has 0 saturated carbocycles. The lowest BCUT2D eigenvalue weighted by molar-refractivity contribution is 0.299. The van der Waals surface area contributed by atoms with Crippen LogP contribution in [0.4, 0.5) is 0 Å². The van der Waals surface area contributed by atoms with Gasteiger partial charge in [-0.15, -0.1) is 0 Å². The van der Waals surface area contributed by atoms with Crippen molar-refractivity contribution in [2.24, 2.45) is 0 Å². The van der Waals surface area contributed by atoms with Crippen molar-refractivity contribution in [3.05, 3.63) is 65.7 Å². The number of aliphatic hydroxyl groups is 1. The Morgan fingerprint density at radius 1 is 1.00 bits per heavy atom. The first-order valence-corrected chi connectivity index (χ1v) is 5.22. The van der Waals surface area contributed by atoms with Crippen molar-refractivity contribution in [3.63, 3.8) is 0 Å². The van der Waals surface area contributed by atoms with Gasteiger partial charge in [0.2, 0.25) is 0 Å². The molecule has 0 bridgehead atoms. The Kier molecular flexibility index (Phi) is 5.23. The molecule has 9 nitrogen and oxygen atoms in total. The zero-order valence-electron chi connectivity index (χ0n) is 9.73. The van der Waals surface area contributed by atoms with E-state index in [9.17, 15) is 19.2 Å². The van der Waals surface area contributed by atoms with Gasteiger partial charge in [0.15, 0.2) is 0 Å². The topological polar surface area (TPSA) is 152 Å². The van der Waals surface area contributed by atoms with Crippen LogP contribution in [-0.2, 0) is 6.42 Å². The summed E-state index contributed by atoms with van der Waals surface area (Å²) in [6, 6.07) is 1.24. The Morgan fingerprint density at radius 2 is 1.68 bits per heavy atom. The molecule has 0 saturated heterocycles. The second-order valence-electron chi connectivity index (χ2n) is 3.37. The summed E-state index contributed by atoms with van der Waals surface area (Å²) in [6.07, 6.45) is 2.85. The van der Waals surface area contributed by atoms with E-state index < -0.39 is 16.9 Å². The van der Waals surface area contributed by atoms with Crippen LogP contribution >= 0.6 is 0 Å². The van der Waals surface area contributed by atoms with E-state index in [1.807, 2.05) is 9.97 Å². The molecule has 0 aliphatic rings. The molecule has 19 heavy (non-hydrogen) atoms. The number of aromatic amines is 4. The largest absolute Gasteiger partial charge is 0.396 e. The van der Waals surface area contributed by atoms with Gasteiger partial charge in [0.1, 0.15) is 0 Å². The van der Waals surface area contributed by atoms with E-state index in [1.165, 1.54) is 18.5 Å². The highest BCUT2D eigenvalue weighted by Gasteiger charge is 1.97. The molecule has 0 spiro atoms. The number of hydrogen-bond acceptors (Lipinski definition) is 5. The van der Waals surface area contributed by atoms with Gasteiger partial charge in [0.05, 0.1) is 0 Å². The maximum absolute atomic E-state index is 10.8. The first-order chi connectivity index (χ1) is 9.02. The van der Waals surface area contributed by atoms with Crippen LogP contribution < -0.4 is 22.5 Å². The fourth-order valence-corrected chi connectivity index (χ4v) is 1.13. The summed E-state index contributed by atoms with van der Waals surface area (Å²) in [5, 5.41) is 8.47. The molecule has 102 valence electrons. The molecule has 0 unspecified atom stereocenters. The van der Waals surface area contributed by atoms with Crippen molar-refractivity contribution in [2.75, 3.05) is 6.61 Å². The Labute approximate surface area is 105 Å². The molecule has 2 rings (SSSR count). The number of rotatable bonds is 2. The predicted molar refractivity (Wildman–Crippen MR) is 66.2 cm³/mol. The van der Waals surface area contributed by atoms with Gasteiger partial charge >= 0.3 is 11.4 Å². The molecule has 9 heteroatoms. The Bertz CT molecular complexity index is 713. The van der Waals surface area contributed by atoms with Gasteiger partial charge in [0, 0.05) is 37.1 Å². The lowest BCUT2D eigenvalue weighted by Gasteiger charge is -1.92. The van der Waals surface area contributed by atoms with Gasteiger partial charge < -0.3 is 15.1 Å². The van der Waals surface area contributed by atoms with Gasteiger partial charge in [0.25, 0.3) is 11.1 Å². The number of hydrogen-bond donors (Lipinski definition) is 5. The summed E-state index contributed by atoms with van der Waals surface area (Å²) >= 11 is 0. The van der Waals surface area contributed by atoms with E-state index in [0.29, 0.717) is 5.56 Å². The van der Waals surface area contributed by atoms with E-state index in [-0.39, 0.29) is 18.6 Å². The first kappa shape index (κ1) is 14.4. The molecule has 2 aromatic heterocycles. The van der Waals surface area contributed by atoms with Crippen molar-refractivity contribution in [3.8, 4) is 0 Å². The average molecular weight is 268 g/mol. The zero-order chi connectivity index (χ0) is 14.3. The van der Waals surface area contributed by atoms with E-state index in [0.717, 1.165) is 0 Å². The second-order valence-corrected chi connectivity index (χ2v) is 3.37. The number of H-pyrrole nitrogens is 4. The molecule has 0 radical (unpaired) electrons. The number of aliphatic hydroxyl groups excluding tert-OH is 1. The van der Waals surface area contributed by atoms with Crippen molar-refractivity contribution in [2.45, 2.75) is 6.42 Å². The van der Waals surface area contributed by atoms with Crippen molar-refractivity contribution in [1.82, 2.24) is 19.9 Å². The molecule has 0 aliphatic heterocycles. The second kappa shape index (κ2) is 6.91. The maximum atomic E-state index is 10.8. The number of nitrogens with one attached hydrogen (secondary N) is 4. The highest BCUT2D eigenvalue weighted by Crippen LogP contribution is 1.83. The highest BCUT2D eigenvalue weighted by atomic mass is 16.3. The van der Waals surface area contributed by atoms with Crippen LogP contribution in [0.5, 0.6) is 0 Å². The highest BCUT2D eigenvalue weighted by molar-refractivity contribution is 5.02. The van der Waals surface area contributed by atoms with E-state index in [1.54, 1.807) is 0 Å². The average Bonchev–Trinajstić information content (AvgIpc) is 2.33. The third kappa shape index (κ3) is 5.00. The minimum Gasteiger partial charge on any atom is -0.396 e. The van der Waals surface area contributed by atoms with Crippen LogP contribution in [0.15, 0.2) is 37.6 Å². The first-order valence-electron chi connectivity index (χ1n) is 5.22. The monoisotopic (exact) mass is 268 g/mol. The van der Waals surface area contributed by atoms with Crippen LogP contribution in [0.25, 0.3) is 0 Å². The zero-order valence-corrected chi connectivity index (χ0v) is 9.73. The number of aromatic nitrogens is 4. The van der Waals surface area contributed by atoms with Crippen LogP contribution in [-0.4, -0.2) is 31.6 Å². The quantitative estimate of drug-likeness (QED) is 0.413. The Balaban J connectivity index is 0.000000200. The molecular formula is C10H12N4O5. The summed E-state index contributed by atoms with van der Waals surface area (Å²) in [4.78, 5) is 50.3. The van der Waals surface area contributed by atoms with Crippen LogP contribution in [0.1, 0.15) is 5.56 Å². The summed E-state index contributed by atoms with van der Waals surface area (Å²) in [6.45, 7) is -0.102. The van der Waals surface area contributed by atoms with E-state index in [4.69, 9.17) is 5.11 Å². The molecular weight excluding hydrogens is 256 g/mol. The smallest absolute Gasteiger partial charge is 0.325 e. The predicted octanol–water partition coefficient (Wildman–Crippen LogP) is -2.34. The van der Waals surface area contributed by atoms with Gasteiger partial charge in [-0.25, -0.2) is 9.59 Å². The van der Waals surface area contributed by atoms with Gasteiger partial charge in [-0.3, -0.25) is 19.6 Å². The third-order valence-electron chi connectivity index (χ3n) is 1.96. The lowest BCUT2D eigenvalue weighted by Crippen LogP contribution is -2.24. The molecule has 0 aromatic carbocycles. The summed E-state index contributed by atoms with van der Waals surface area (Å²) < 4.78 is 0. The fraction of sp³-hybridized carbons (Fsp3) is 0.200. The van der Waals surface area contributed by atoms with Crippen LogP contribution in [0.3, 0.4) is 0 Å². The van der Waals surface area contributed by atoms with E-state index >= 15 is 0 Å². The molecule has 0 atom stereocenters.